The lowest BCUT2D eigenvalue weighted by Crippen LogP contribution is -2.45. The lowest BCUT2D eigenvalue weighted by Gasteiger charge is -2.30. The summed E-state index contributed by atoms with van der Waals surface area (Å²) in [5, 5.41) is 2.45. The molecule has 0 aliphatic carbocycles. The van der Waals surface area contributed by atoms with E-state index in [1.54, 1.807) is 7.11 Å². The van der Waals surface area contributed by atoms with Crippen molar-refractivity contribution < 1.29 is 13.8 Å². The average Bonchev–Trinajstić information content (AvgIpc) is 3.33. The smallest absolute Gasteiger partial charge is 0.282 e. The van der Waals surface area contributed by atoms with Crippen molar-refractivity contribution in [3.05, 3.63) is 89.5 Å². The summed E-state index contributed by atoms with van der Waals surface area (Å²) < 4.78 is 9.29. The molecule has 1 aliphatic heterocycles. The number of anilines is 2. The molecular weight excluding hydrogens is 549 g/mol. The first-order valence-electron chi connectivity index (χ1n) is 15.8. The van der Waals surface area contributed by atoms with Gasteiger partial charge < -0.3 is 14.1 Å². The van der Waals surface area contributed by atoms with E-state index >= 15 is 0 Å². The Bertz CT molecular complexity index is 1570. The van der Waals surface area contributed by atoms with Gasteiger partial charge in [-0.2, -0.15) is 4.57 Å². The topological polar surface area (TPSA) is 19.6 Å². The summed E-state index contributed by atoms with van der Waals surface area (Å²) in [4.78, 5) is 6.24. The number of nitrogens with zero attached hydrogens (tertiary/aromatic N) is 4. The highest BCUT2D eigenvalue weighted by atomic mass is 32.2. The van der Waals surface area contributed by atoms with E-state index in [9.17, 15) is 0 Å². The number of thioether (sulfide) groups is 1. The zero-order chi connectivity index (χ0) is 30.4. The Morgan fingerprint density at radius 1 is 0.884 bits per heavy atom. The summed E-state index contributed by atoms with van der Waals surface area (Å²) in [6, 6.07) is 28.4. The highest BCUT2D eigenvalue weighted by molar-refractivity contribution is 8.03. The Morgan fingerprint density at radius 2 is 1.63 bits per heavy atom. The standard InChI is InChI=1S/C37H48N4OS/c1-7-9-22-39(23-15-25-41(4,5)24-8-2)36-26-29(27-37-38(3)33-18-13-14-19-35(33)43-37)32-21-20-31(42-6)28-34(32)40(36)30-16-11-10-12-17-30/h10-14,16-21,26-28H,7-9,15,22-25H2,1-6H3/q+2. The summed E-state index contributed by atoms with van der Waals surface area (Å²) in [7, 11) is 8.66. The Morgan fingerprint density at radius 3 is 2.35 bits per heavy atom. The minimum Gasteiger partial charge on any atom is -0.497 e. The van der Waals surface area contributed by atoms with Gasteiger partial charge in [0.05, 0.1) is 58.1 Å². The highest BCUT2D eigenvalue weighted by Crippen LogP contribution is 2.46. The molecule has 226 valence electrons. The second-order valence-corrected chi connectivity index (χ2v) is 13.3. The van der Waals surface area contributed by atoms with Crippen LogP contribution in [0.4, 0.5) is 11.5 Å². The molecule has 2 heterocycles. The molecule has 0 bridgehead atoms. The maximum Gasteiger partial charge on any atom is 0.282 e. The minimum atomic E-state index is 0.867. The highest BCUT2D eigenvalue weighted by Gasteiger charge is 2.28. The molecule has 0 fully saturated rings. The van der Waals surface area contributed by atoms with E-state index in [2.05, 4.69) is 134 Å². The summed E-state index contributed by atoms with van der Waals surface area (Å²) in [6.45, 7) is 8.99. The number of fused-ring (bicyclic) bond motifs is 2. The van der Waals surface area contributed by atoms with Gasteiger partial charge in [-0.3, -0.25) is 4.90 Å². The molecule has 5 nitrogen and oxygen atoms in total. The number of rotatable bonds is 13. The van der Waals surface area contributed by atoms with E-state index in [0.717, 1.165) is 48.1 Å². The Balaban J connectivity index is 1.68. The van der Waals surface area contributed by atoms with Crippen molar-refractivity contribution in [1.29, 1.82) is 0 Å². The molecule has 3 aromatic carbocycles. The molecule has 5 rings (SSSR count). The third-order valence-corrected chi connectivity index (χ3v) is 9.63. The number of quaternary nitrogens is 1. The van der Waals surface area contributed by atoms with Crippen LogP contribution < -0.4 is 19.1 Å². The number of hydrogen-bond acceptors (Lipinski definition) is 4. The first kappa shape index (κ1) is 31.0. The number of benzene rings is 3. The number of unbranched alkanes of at least 4 members (excludes halogenated alkanes) is 1. The van der Waals surface area contributed by atoms with Gasteiger partial charge in [-0.05, 0) is 60.9 Å². The Kier molecular flexibility index (Phi) is 9.99. The maximum absolute atomic E-state index is 5.78. The van der Waals surface area contributed by atoms with Crippen molar-refractivity contribution in [1.82, 2.24) is 0 Å². The van der Waals surface area contributed by atoms with E-state index in [0.29, 0.717) is 0 Å². The number of methoxy groups -OCH3 is 1. The fourth-order valence-electron chi connectivity index (χ4n) is 6.15. The molecule has 0 saturated heterocycles. The summed E-state index contributed by atoms with van der Waals surface area (Å²) >= 11 is 1.85. The predicted octanol–water partition coefficient (Wildman–Crippen LogP) is 8.15. The zero-order valence-corrected chi connectivity index (χ0v) is 27.7. The van der Waals surface area contributed by atoms with Gasteiger partial charge in [0, 0.05) is 35.9 Å². The quantitative estimate of drug-likeness (QED) is 0.115. The van der Waals surface area contributed by atoms with Gasteiger partial charge in [0.15, 0.2) is 0 Å². The third-order valence-electron chi connectivity index (χ3n) is 8.46. The van der Waals surface area contributed by atoms with Gasteiger partial charge >= 0.3 is 0 Å². The van der Waals surface area contributed by atoms with E-state index in [1.807, 2.05) is 11.8 Å². The van der Waals surface area contributed by atoms with Crippen molar-refractivity contribution in [2.75, 3.05) is 64.2 Å². The van der Waals surface area contributed by atoms with Crippen molar-refractivity contribution in [2.45, 2.75) is 44.4 Å². The minimum absolute atomic E-state index is 0.867. The molecule has 0 unspecified atom stereocenters. The molecule has 6 heteroatoms. The lowest BCUT2D eigenvalue weighted by atomic mass is 10.1. The number of hydrogen-bond donors (Lipinski definition) is 0. The van der Waals surface area contributed by atoms with Crippen LogP contribution in [0.15, 0.2) is 88.8 Å². The van der Waals surface area contributed by atoms with Crippen LogP contribution in [0.3, 0.4) is 0 Å². The van der Waals surface area contributed by atoms with Gasteiger partial charge in [0.2, 0.25) is 0 Å². The van der Waals surface area contributed by atoms with Gasteiger partial charge in [0.25, 0.3) is 5.82 Å². The fraction of sp³-hybridized carbons (Fsp3) is 0.378. The van der Waals surface area contributed by atoms with E-state index in [-0.39, 0.29) is 0 Å². The molecule has 0 spiro atoms. The number of para-hydroxylation sites is 2. The molecule has 0 atom stereocenters. The second-order valence-electron chi connectivity index (χ2n) is 12.2. The van der Waals surface area contributed by atoms with Crippen LogP contribution in [0.25, 0.3) is 22.7 Å². The maximum atomic E-state index is 5.78. The molecule has 1 aromatic heterocycles. The third kappa shape index (κ3) is 7.02. The van der Waals surface area contributed by atoms with Gasteiger partial charge in [-0.1, -0.05) is 62.4 Å². The van der Waals surface area contributed by atoms with Crippen LogP contribution in [0.5, 0.6) is 5.75 Å². The fourth-order valence-corrected chi connectivity index (χ4v) is 7.25. The predicted molar refractivity (Wildman–Crippen MR) is 185 cm³/mol. The van der Waals surface area contributed by atoms with Gasteiger partial charge in [-0.25, -0.2) is 0 Å². The van der Waals surface area contributed by atoms with Crippen molar-refractivity contribution in [3.8, 4) is 11.4 Å². The summed E-state index contributed by atoms with van der Waals surface area (Å²) in [5.41, 5.74) is 4.81. The van der Waals surface area contributed by atoms with Crippen LogP contribution >= 0.6 is 11.8 Å². The Labute approximate surface area is 263 Å². The van der Waals surface area contributed by atoms with E-state index in [1.165, 1.54) is 57.6 Å². The first-order chi connectivity index (χ1) is 20.8. The van der Waals surface area contributed by atoms with E-state index in [4.69, 9.17) is 4.74 Å². The molecule has 0 radical (unpaired) electrons. The average molecular weight is 597 g/mol. The molecule has 43 heavy (non-hydrogen) atoms. The van der Waals surface area contributed by atoms with Crippen LogP contribution in [0.2, 0.25) is 0 Å². The molecule has 4 aromatic rings. The SMILES string of the molecule is CCCCN(CCC[N+](C)(C)CCC)c1cc(C=C2Sc3ccccc3N2C)c2ccc(OC)cc2[n+]1-c1ccccc1. The molecule has 1 aliphatic rings. The molecule has 0 N–H and O–H groups in total. The van der Waals surface area contributed by atoms with Gasteiger partial charge in [0.1, 0.15) is 17.0 Å². The van der Waals surface area contributed by atoms with Crippen LogP contribution in [0, 0.1) is 0 Å². The lowest BCUT2D eigenvalue weighted by molar-refractivity contribution is -0.890. The monoisotopic (exact) mass is 596 g/mol. The van der Waals surface area contributed by atoms with Crippen molar-refractivity contribution in [2.24, 2.45) is 0 Å². The second kappa shape index (κ2) is 13.9. The van der Waals surface area contributed by atoms with Crippen LogP contribution in [-0.4, -0.2) is 58.9 Å². The largest absolute Gasteiger partial charge is 0.497 e. The van der Waals surface area contributed by atoms with Crippen molar-refractivity contribution >= 4 is 40.2 Å². The summed E-state index contributed by atoms with van der Waals surface area (Å²) in [6.07, 6.45) is 7.05. The normalized spacial score (nSPS) is 14.0. The Hall–Kier alpha value is -3.48. The van der Waals surface area contributed by atoms with Gasteiger partial charge in [-0.15, -0.1) is 0 Å². The molecule has 0 saturated carbocycles. The summed E-state index contributed by atoms with van der Waals surface area (Å²) in [5.74, 6) is 2.10. The van der Waals surface area contributed by atoms with E-state index < -0.39 is 0 Å². The zero-order valence-electron chi connectivity index (χ0n) is 26.8. The number of ether oxygens (including phenoxy) is 1. The number of aromatic nitrogens is 1. The number of pyridine rings is 1. The molecular formula is C37H48N4OS+2. The van der Waals surface area contributed by atoms with Crippen molar-refractivity contribution in [3.63, 3.8) is 0 Å². The van der Waals surface area contributed by atoms with Crippen LogP contribution in [0.1, 0.15) is 45.1 Å². The first-order valence-corrected chi connectivity index (χ1v) is 16.6. The molecule has 0 amide bonds. The van der Waals surface area contributed by atoms with Crippen LogP contribution in [-0.2, 0) is 0 Å².